The monoisotopic (exact) mass is 279 g/mol. The van der Waals surface area contributed by atoms with E-state index < -0.39 is 6.10 Å². The molecule has 2 heterocycles. The van der Waals surface area contributed by atoms with Crippen molar-refractivity contribution >= 4 is 5.91 Å². The fraction of sp³-hybridized carbons (Fsp3) is 0.667. The van der Waals surface area contributed by atoms with Crippen molar-refractivity contribution in [3.8, 4) is 0 Å². The van der Waals surface area contributed by atoms with E-state index in [1.165, 1.54) is 0 Å². The zero-order valence-corrected chi connectivity index (χ0v) is 12.6. The Labute approximate surface area is 120 Å². The van der Waals surface area contributed by atoms with Crippen LogP contribution < -0.4 is 0 Å². The number of aromatic nitrogens is 1. The molecule has 1 aromatic heterocycles. The number of aryl methyl sites for hydroxylation is 1. The molecule has 1 saturated heterocycles. The van der Waals surface area contributed by atoms with Crippen LogP contribution in [-0.2, 0) is 6.54 Å². The summed E-state index contributed by atoms with van der Waals surface area (Å²) in [7, 11) is 3.99. The fourth-order valence-electron chi connectivity index (χ4n) is 2.93. The molecular formula is C15H25N3O2. The average Bonchev–Trinajstić information content (AvgIpc) is 2.95. The van der Waals surface area contributed by atoms with Gasteiger partial charge in [-0.3, -0.25) is 4.79 Å². The Bertz CT molecular complexity index is 456. The third-order valence-electron chi connectivity index (χ3n) is 3.74. The summed E-state index contributed by atoms with van der Waals surface area (Å²) in [5, 5.41) is 9.88. The van der Waals surface area contributed by atoms with Crippen molar-refractivity contribution in [2.24, 2.45) is 0 Å². The number of aliphatic hydroxyl groups is 1. The average molecular weight is 279 g/mol. The second-order valence-electron chi connectivity index (χ2n) is 5.85. The second-order valence-corrected chi connectivity index (χ2v) is 5.85. The highest BCUT2D eigenvalue weighted by molar-refractivity contribution is 5.93. The molecule has 1 aliphatic rings. The Morgan fingerprint density at radius 1 is 1.50 bits per heavy atom. The fourth-order valence-corrected chi connectivity index (χ4v) is 2.93. The van der Waals surface area contributed by atoms with Gasteiger partial charge in [0.1, 0.15) is 5.69 Å². The molecule has 2 rings (SSSR count). The number of carbonyl (C=O) groups is 1. The molecule has 1 aromatic rings. The summed E-state index contributed by atoms with van der Waals surface area (Å²) in [6.07, 6.45) is 3.21. The Kier molecular flexibility index (Phi) is 4.83. The van der Waals surface area contributed by atoms with Gasteiger partial charge in [-0.05, 0) is 39.1 Å². The summed E-state index contributed by atoms with van der Waals surface area (Å²) >= 11 is 0. The number of carbonyl (C=O) groups excluding carboxylic acids is 1. The van der Waals surface area contributed by atoms with Crippen LogP contribution in [0.1, 0.15) is 30.3 Å². The van der Waals surface area contributed by atoms with Gasteiger partial charge in [0.15, 0.2) is 0 Å². The van der Waals surface area contributed by atoms with Crippen LogP contribution in [0.4, 0.5) is 0 Å². The van der Waals surface area contributed by atoms with Crippen molar-refractivity contribution in [1.29, 1.82) is 0 Å². The van der Waals surface area contributed by atoms with Gasteiger partial charge in [-0.2, -0.15) is 0 Å². The van der Waals surface area contributed by atoms with Crippen LogP contribution in [0.15, 0.2) is 18.3 Å². The highest BCUT2D eigenvalue weighted by Crippen LogP contribution is 2.21. The molecule has 0 bridgehead atoms. The van der Waals surface area contributed by atoms with Gasteiger partial charge in [0.25, 0.3) is 5.91 Å². The lowest BCUT2D eigenvalue weighted by Crippen LogP contribution is -2.42. The van der Waals surface area contributed by atoms with Gasteiger partial charge in [0.2, 0.25) is 0 Å². The van der Waals surface area contributed by atoms with E-state index in [9.17, 15) is 9.90 Å². The number of amides is 1. The van der Waals surface area contributed by atoms with Gasteiger partial charge in [-0.15, -0.1) is 0 Å². The summed E-state index contributed by atoms with van der Waals surface area (Å²) in [4.78, 5) is 16.6. The van der Waals surface area contributed by atoms with Crippen molar-refractivity contribution in [3.63, 3.8) is 0 Å². The van der Waals surface area contributed by atoms with Crippen molar-refractivity contribution in [1.82, 2.24) is 14.4 Å². The first-order chi connectivity index (χ1) is 9.52. The van der Waals surface area contributed by atoms with E-state index in [0.717, 1.165) is 25.2 Å². The summed E-state index contributed by atoms with van der Waals surface area (Å²) < 4.78 is 2.00. The van der Waals surface area contributed by atoms with Gasteiger partial charge in [0.05, 0.1) is 6.10 Å². The third kappa shape index (κ3) is 3.22. The number of likely N-dealkylation sites (N-methyl/N-ethyl adjacent to an activating group) is 1. The number of aliphatic hydroxyl groups excluding tert-OH is 1. The highest BCUT2D eigenvalue weighted by atomic mass is 16.3. The molecule has 2 unspecified atom stereocenters. The number of rotatable bonds is 5. The van der Waals surface area contributed by atoms with Crippen molar-refractivity contribution < 1.29 is 9.90 Å². The number of nitrogens with zero attached hydrogens (tertiary/aromatic N) is 3. The summed E-state index contributed by atoms with van der Waals surface area (Å²) in [6, 6.07) is 3.88. The van der Waals surface area contributed by atoms with E-state index in [0.29, 0.717) is 13.0 Å². The summed E-state index contributed by atoms with van der Waals surface area (Å²) in [5.41, 5.74) is 0.727. The second kappa shape index (κ2) is 6.41. The third-order valence-corrected chi connectivity index (χ3v) is 3.74. The maximum Gasteiger partial charge on any atom is 0.270 e. The maximum absolute atomic E-state index is 12.7. The topological polar surface area (TPSA) is 48.7 Å². The molecule has 0 aliphatic carbocycles. The lowest BCUT2D eigenvalue weighted by Gasteiger charge is -2.27. The predicted octanol–water partition coefficient (Wildman–Crippen LogP) is 1.04. The van der Waals surface area contributed by atoms with Gasteiger partial charge in [-0.1, -0.05) is 6.92 Å². The van der Waals surface area contributed by atoms with E-state index in [2.05, 4.69) is 11.8 Å². The number of hydrogen-bond acceptors (Lipinski definition) is 3. The molecule has 1 N–H and O–H groups in total. The molecule has 0 aromatic carbocycles. The molecular weight excluding hydrogens is 254 g/mol. The number of hydrogen-bond donors (Lipinski definition) is 1. The lowest BCUT2D eigenvalue weighted by atomic mass is 10.2. The molecule has 0 radical (unpaired) electrons. The van der Waals surface area contributed by atoms with Crippen LogP contribution in [0, 0.1) is 0 Å². The normalized spacial score (nSPS) is 22.8. The van der Waals surface area contributed by atoms with Crippen LogP contribution in [0.3, 0.4) is 0 Å². The van der Waals surface area contributed by atoms with Crippen molar-refractivity contribution in [2.45, 2.75) is 38.5 Å². The van der Waals surface area contributed by atoms with E-state index in [1.54, 1.807) is 0 Å². The largest absolute Gasteiger partial charge is 0.391 e. The van der Waals surface area contributed by atoms with Crippen LogP contribution in [-0.4, -0.2) is 64.7 Å². The van der Waals surface area contributed by atoms with Crippen LogP contribution in [0.2, 0.25) is 0 Å². The Morgan fingerprint density at radius 3 is 2.90 bits per heavy atom. The zero-order valence-electron chi connectivity index (χ0n) is 12.6. The Hall–Kier alpha value is -1.33. The van der Waals surface area contributed by atoms with Gasteiger partial charge in [-0.25, -0.2) is 0 Å². The number of β-amino-alcohol motifs (C(OH)–C–C–N with tert-alkyl or cyclic N) is 1. The SMILES string of the molecule is CCCn1cccc1C(=O)N1CC(O)CC1CN(C)C. The summed E-state index contributed by atoms with van der Waals surface area (Å²) in [6.45, 7) is 4.18. The first kappa shape index (κ1) is 15.1. The minimum atomic E-state index is -0.404. The van der Waals surface area contributed by atoms with Crippen LogP contribution in [0.5, 0.6) is 0 Å². The van der Waals surface area contributed by atoms with E-state index in [1.807, 2.05) is 41.9 Å². The van der Waals surface area contributed by atoms with Crippen LogP contribution in [0.25, 0.3) is 0 Å². The molecule has 5 heteroatoms. The van der Waals surface area contributed by atoms with Gasteiger partial charge in [0, 0.05) is 31.9 Å². The Balaban J connectivity index is 2.15. The van der Waals surface area contributed by atoms with E-state index in [-0.39, 0.29) is 11.9 Å². The predicted molar refractivity (Wildman–Crippen MR) is 78.7 cm³/mol. The molecule has 0 spiro atoms. The molecule has 112 valence electrons. The number of likely N-dealkylation sites (tertiary alicyclic amines) is 1. The lowest BCUT2D eigenvalue weighted by molar-refractivity contribution is 0.0688. The highest BCUT2D eigenvalue weighted by Gasteiger charge is 2.35. The molecule has 1 aliphatic heterocycles. The molecule has 20 heavy (non-hydrogen) atoms. The molecule has 1 amide bonds. The standard InChI is InChI=1S/C15H25N3O2/c1-4-7-17-8-5-6-14(17)15(20)18-11-13(19)9-12(18)10-16(2)3/h5-6,8,12-13,19H,4,7,9-11H2,1-3H3. The smallest absolute Gasteiger partial charge is 0.270 e. The quantitative estimate of drug-likeness (QED) is 0.876. The molecule has 5 nitrogen and oxygen atoms in total. The summed E-state index contributed by atoms with van der Waals surface area (Å²) in [5.74, 6) is 0.0341. The first-order valence-corrected chi connectivity index (χ1v) is 7.31. The zero-order chi connectivity index (χ0) is 14.7. The van der Waals surface area contributed by atoms with Gasteiger partial charge < -0.3 is 19.5 Å². The van der Waals surface area contributed by atoms with Crippen molar-refractivity contribution in [2.75, 3.05) is 27.2 Å². The van der Waals surface area contributed by atoms with Crippen molar-refractivity contribution in [3.05, 3.63) is 24.0 Å². The van der Waals surface area contributed by atoms with Crippen LogP contribution >= 0.6 is 0 Å². The maximum atomic E-state index is 12.7. The molecule has 0 saturated carbocycles. The first-order valence-electron chi connectivity index (χ1n) is 7.31. The molecule has 1 fully saturated rings. The minimum Gasteiger partial charge on any atom is -0.391 e. The molecule has 2 atom stereocenters. The minimum absolute atomic E-state index is 0.0341. The van der Waals surface area contributed by atoms with E-state index >= 15 is 0 Å². The van der Waals surface area contributed by atoms with Gasteiger partial charge >= 0.3 is 0 Å². The Morgan fingerprint density at radius 2 is 2.25 bits per heavy atom. The van der Waals surface area contributed by atoms with E-state index in [4.69, 9.17) is 0 Å².